The van der Waals surface area contributed by atoms with Crippen LogP contribution < -0.4 is 16.0 Å². The molecular formula is C10H15F3N4OS. The fraction of sp³-hybridized carbons (Fsp3) is 0.600. The maximum atomic E-state index is 11.9. The zero-order chi connectivity index (χ0) is 14.5. The van der Waals surface area contributed by atoms with Crippen molar-refractivity contribution in [2.75, 3.05) is 18.4 Å². The van der Waals surface area contributed by atoms with Crippen molar-refractivity contribution in [3.05, 3.63) is 11.1 Å². The Morgan fingerprint density at radius 2 is 2.21 bits per heavy atom. The molecule has 1 aromatic rings. The van der Waals surface area contributed by atoms with E-state index < -0.39 is 18.8 Å². The van der Waals surface area contributed by atoms with E-state index in [2.05, 4.69) is 15.6 Å². The summed E-state index contributed by atoms with van der Waals surface area (Å²) in [4.78, 5) is 15.3. The summed E-state index contributed by atoms with van der Waals surface area (Å²) in [5.74, 6) is 0. The van der Waals surface area contributed by atoms with E-state index in [1.165, 1.54) is 0 Å². The van der Waals surface area contributed by atoms with E-state index >= 15 is 0 Å². The molecule has 0 radical (unpaired) electrons. The van der Waals surface area contributed by atoms with Crippen molar-refractivity contribution < 1.29 is 18.0 Å². The van der Waals surface area contributed by atoms with Crippen molar-refractivity contribution in [2.24, 2.45) is 0 Å². The lowest BCUT2D eigenvalue weighted by molar-refractivity contribution is -0.122. The highest BCUT2D eigenvalue weighted by atomic mass is 32.1. The number of alkyl halides is 3. The van der Waals surface area contributed by atoms with Crippen LogP contribution in [0.1, 0.15) is 25.6 Å². The fourth-order valence-electron chi connectivity index (χ4n) is 1.28. The molecule has 0 fully saturated rings. The molecule has 0 aliphatic carbocycles. The number of hydrogen-bond donors (Lipinski definition) is 3. The van der Waals surface area contributed by atoms with Crippen molar-refractivity contribution >= 4 is 22.5 Å². The number of carbonyl (C=O) groups excluding carboxylic acids is 1. The van der Waals surface area contributed by atoms with Crippen LogP contribution in [0, 0.1) is 0 Å². The second kappa shape index (κ2) is 6.71. The molecule has 0 bridgehead atoms. The van der Waals surface area contributed by atoms with Crippen molar-refractivity contribution in [1.82, 2.24) is 15.6 Å². The lowest BCUT2D eigenvalue weighted by Gasteiger charge is -2.09. The van der Waals surface area contributed by atoms with Crippen molar-refractivity contribution in [1.29, 1.82) is 0 Å². The van der Waals surface area contributed by atoms with E-state index in [0.717, 1.165) is 23.6 Å². The summed E-state index contributed by atoms with van der Waals surface area (Å²) >= 11 is 1.16. The average molecular weight is 296 g/mol. The molecule has 1 atom stereocenters. The summed E-state index contributed by atoms with van der Waals surface area (Å²) in [6, 6.07) is -0.899. The Balaban J connectivity index is 2.47. The third kappa shape index (κ3) is 5.88. The predicted octanol–water partition coefficient (Wildman–Crippen LogP) is 2.50. The molecule has 0 aliphatic rings. The van der Waals surface area contributed by atoms with Gasteiger partial charge < -0.3 is 10.6 Å². The van der Waals surface area contributed by atoms with Crippen LogP contribution in [0.5, 0.6) is 0 Å². The van der Waals surface area contributed by atoms with Crippen molar-refractivity contribution in [2.45, 2.75) is 26.1 Å². The number of nitrogens with one attached hydrogen (secondary N) is 3. The van der Waals surface area contributed by atoms with Gasteiger partial charge in [0.1, 0.15) is 6.54 Å². The van der Waals surface area contributed by atoms with Gasteiger partial charge in [0.15, 0.2) is 5.13 Å². The third-order valence-corrected chi connectivity index (χ3v) is 2.92. The molecule has 1 rings (SSSR count). The summed E-state index contributed by atoms with van der Waals surface area (Å²) in [6.07, 6.45) is -4.43. The summed E-state index contributed by atoms with van der Waals surface area (Å²) in [5.41, 5.74) is 0.734. The van der Waals surface area contributed by atoms with Crippen LogP contribution in [0.15, 0.2) is 5.38 Å². The molecular weight excluding hydrogens is 281 g/mol. The van der Waals surface area contributed by atoms with Gasteiger partial charge in [-0.1, -0.05) is 6.92 Å². The molecule has 0 saturated carbocycles. The Bertz CT molecular complexity index is 421. The van der Waals surface area contributed by atoms with E-state index in [9.17, 15) is 18.0 Å². The van der Waals surface area contributed by atoms with Gasteiger partial charge in [0, 0.05) is 11.4 Å². The largest absolute Gasteiger partial charge is 0.405 e. The minimum Gasteiger partial charge on any atom is -0.329 e. The molecule has 0 saturated heterocycles. The standard InChI is InChI=1S/C10H15F3N4OS/c1-3-14-6(2)7-4-19-9(16-7)17-8(18)15-5-10(11,12)13/h4,6,14H,3,5H2,1-2H3,(H2,15,16,17,18). The number of anilines is 1. The Hall–Kier alpha value is -1.35. The second-order valence-electron chi connectivity index (χ2n) is 3.78. The van der Waals surface area contributed by atoms with Crippen LogP contribution in [0.2, 0.25) is 0 Å². The van der Waals surface area contributed by atoms with Crippen LogP contribution in [0.4, 0.5) is 23.1 Å². The Morgan fingerprint density at radius 1 is 1.53 bits per heavy atom. The maximum Gasteiger partial charge on any atom is 0.405 e. The van der Waals surface area contributed by atoms with Crippen LogP contribution in [0.3, 0.4) is 0 Å². The maximum absolute atomic E-state index is 11.9. The van der Waals surface area contributed by atoms with E-state index in [1.54, 1.807) is 10.7 Å². The van der Waals surface area contributed by atoms with Gasteiger partial charge in [0.05, 0.1) is 5.69 Å². The quantitative estimate of drug-likeness (QED) is 0.782. The molecule has 108 valence electrons. The molecule has 1 heterocycles. The average Bonchev–Trinajstić information content (AvgIpc) is 2.74. The topological polar surface area (TPSA) is 66.0 Å². The Labute approximate surface area is 112 Å². The first kappa shape index (κ1) is 15.7. The first-order valence-electron chi connectivity index (χ1n) is 5.62. The minimum atomic E-state index is -4.43. The van der Waals surface area contributed by atoms with Gasteiger partial charge in [0.2, 0.25) is 0 Å². The number of urea groups is 1. The van der Waals surface area contributed by atoms with E-state index in [1.807, 2.05) is 13.8 Å². The SMILES string of the molecule is CCNC(C)c1csc(NC(=O)NCC(F)(F)F)n1. The number of amides is 2. The highest BCUT2D eigenvalue weighted by molar-refractivity contribution is 7.13. The Kier molecular flexibility index (Phi) is 5.55. The summed E-state index contributed by atoms with van der Waals surface area (Å²) in [5, 5.41) is 9.12. The van der Waals surface area contributed by atoms with Crippen molar-refractivity contribution in [3.63, 3.8) is 0 Å². The van der Waals surface area contributed by atoms with Gasteiger partial charge in [-0.3, -0.25) is 5.32 Å². The normalized spacial score (nSPS) is 13.1. The molecule has 0 spiro atoms. The third-order valence-electron chi connectivity index (χ3n) is 2.15. The monoisotopic (exact) mass is 296 g/mol. The molecule has 1 aromatic heterocycles. The lowest BCUT2D eigenvalue weighted by Crippen LogP contribution is -2.36. The van der Waals surface area contributed by atoms with Gasteiger partial charge >= 0.3 is 12.2 Å². The molecule has 9 heteroatoms. The molecule has 19 heavy (non-hydrogen) atoms. The van der Waals surface area contributed by atoms with Crippen molar-refractivity contribution in [3.8, 4) is 0 Å². The molecule has 5 nitrogen and oxygen atoms in total. The van der Waals surface area contributed by atoms with E-state index in [0.29, 0.717) is 0 Å². The fourth-order valence-corrected chi connectivity index (χ4v) is 2.07. The highest BCUT2D eigenvalue weighted by Crippen LogP contribution is 2.20. The zero-order valence-electron chi connectivity index (χ0n) is 10.5. The minimum absolute atomic E-state index is 0.0232. The summed E-state index contributed by atoms with van der Waals surface area (Å²) in [6.45, 7) is 3.26. The van der Waals surface area contributed by atoms with Gasteiger partial charge in [-0.25, -0.2) is 9.78 Å². The van der Waals surface area contributed by atoms with E-state index in [4.69, 9.17) is 0 Å². The van der Waals surface area contributed by atoms with Gasteiger partial charge in [0.25, 0.3) is 0 Å². The molecule has 3 N–H and O–H groups in total. The lowest BCUT2D eigenvalue weighted by atomic mass is 10.3. The van der Waals surface area contributed by atoms with Crippen LogP contribution in [0.25, 0.3) is 0 Å². The van der Waals surface area contributed by atoms with E-state index in [-0.39, 0.29) is 11.2 Å². The number of hydrogen-bond acceptors (Lipinski definition) is 4. The first-order valence-corrected chi connectivity index (χ1v) is 6.50. The first-order chi connectivity index (χ1) is 8.81. The predicted molar refractivity (Wildman–Crippen MR) is 67.3 cm³/mol. The molecule has 1 unspecified atom stereocenters. The molecule has 0 aromatic carbocycles. The smallest absolute Gasteiger partial charge is 0.329 e. The van der Waals surface area contributed by atoms with Crippen LogP contribution >= 0.6 is 11.3 Å². The Morgan fingerprint density at radius 3 is 2.79 bits per heavy atom. The number of thiazole rings is 1. The van der Waals surface area contributed by atoms with Crippen LogP contribution in [-0.4, -0.2) is 30.3 Å². The second-order valence-corrected chi connectivity index (χ2v) is 4.64. The summed E-state index contributed by atoms with van der Waals surface area (Å²) < 4.78 is 35.7. The number of halogens is 3. The molecule has 0 aliphatic heterocycles. The number of carbonyl (C=O) groups is 1. The molecule has 2 amide bonds. The summed E-state index contributed by atoms with van der Waals surface area (Å²) in [7, 11) is 0. The van der Waals surface area contributed by atoms with Gasteiger partial charge in [-0.15, -0.1) is 11.3 Å². The number of nitrogens with zero attached hydrogens (tertiary/aromatic N) is 1. The number of rotatable bonds is 5. The highest BCUT2D eigenvalue weighted by Gasteiger charge is 2.27. The number of aromatic nitrogens is 1. The van der Waals surface area contributed by atoms with Gasteiger partial charge in [-0.05, 0) is 13.5 Å². The zero-order valence-corrected chi connectivity index (χ0v) is 11.3. The van der Waals surface area contributed by atoms with Gasteiger partial charge in [-0.2, -0.15) is 13.2 Å². The van der Waals surface area contributed by atoms with Crippen LogP contribution in [-0.2, 0) is 0 Å².